The molecule has 0 saturated carbocycles. The van der Waals surface area contributed by atoms with Gasteiger partial charge in [-0.15, -0.1) is 4.73 Å². The van der Waals surface area contributed by atoms with E-state index in [0.717, 1.165) is 120 Å². The van der Waals surface area contributed by atoms with Crippen molar-refractivity contribution < 1.29 is 53.8 Å². The Bertz CT molecular complexity index is 2100. The summed E-state index contributed by atoms with van der Waals surface area (Å²) in [6.07, 6.45) is 15.0. The number of aromatic amines is 3. The molecule has 17 heteroatoms. The first-order valence-corrected chi connectivity index (χ1v) is 16.7. The molecule has 15 nitrogen and oxygen atoms in total. The molecular weight excluding hydrogens is 683 g/mol. The Balaban J connectivity index is 0.000000179. The normalized spacial score (nSPS) is 14.4. The van der Waals surface area contributed by atoms with Crippen LogP contribution in [-0.4, -0.2) is 98.2 Å². The number of benzene rings is 1. The van der Waals surface area contributed by atoms with E-state index in [1.54, 1.807) is 6.20 Å². The van der Waals surface area contributed by atoms with Crippen LogP contribution in [0.5, 0.6) is 0 Å². The third kappa shape index (κ3) is 8.24. The minimum absolute atomic E-state index is 0. The van der Waals surface area contributed by atoms with Crippen LogP contribution in [0.1, 0.15) is 0 Å². The average molecular weight is 719 g/mol. The van der Waals surface area contributed by atoms with E-state index in [0.29, 0.717) is 5.65 Å². The van der Waals surface area contributed by atoms with Crippen molar-refractivity contribution in [2.45, 2.75) is 4.90 Å². The summed E-state index contributed by atoms with van der Waals surface area (Å²) in [5, 5.41) is 15.9. The van der Waals surface area contributed by atoms with E-state index in [1.165, 1.54) is 4.73 Å². The van der Waals surface area contributed by atoms with Crippen molar-refractivity contribution >= 4 is 45.5 Å². The SMILES string of the molecule is [Na+].[OH-].c1ccc(SOOn2cc(-c3cn[nH]c3)c3cc(N4CCOCC4)cnc32)cc1.c1n[nH]cc1-c1c[nH]c2ncc(N3CCOCC3)cc12. The Morgan fingerprint density at radius 2 is 1.31 bits per heavy atom. The molecule has 0 spiro atoms. The number of pyridine rings is 2. The van der Waals surface area contributed by atoms with E-state index in [9.17, 15) is 0 Å². The maximum absolute atomic E-state index is 5.54. The standard InChI is InChI=1S/C20H19N5O3S.C14H15N5O.Na.H2O/c1-2-4-17(5-3-1)29-28-27-25-14-19(15-11-22-23-12-15)18-10-16(13-21-20(18)25)24-6-8-26-9-7-24;1-3-20-4-2-19(1)11-5-12-13(10-6-17-18-7-10)9-16-14(12)15-8-11;;/h1-5,10-14H,6-9H2,(H,22,23);5-9H,1-4H2,(H,15,16)(H,17,18);;1H2/q;;+1;/p-1. The second-order valence-corrected chi connectivity index (χ2v) is 12.2. The maximum atomic E-state index is 5.54. The largest absolute Gasteiger partial charge is 1.00 e. The molecule has 9 rings (SSSR count). The number of morpholine rings is 2. The quantitative estimate of drug-likeness (QED) is 0.0903. The zero-order valence-corrected chi connectivity index (χ0v) is 30.8. The first kappa shape index (κ1) is 36.4. The smallest absolute Gasteiger partial charge is 0.870 e. The molecule has 2 aliphatic heterocycles. The molecule has 1 aromatic carbocycles. The Morgan fingerprint density at radius 1 is 0.706 bits per heavy atom. The Kier molecular flexibility index (Phi) is 12.3. The number of H-pyrrole nitrogens is 3. The zero-order chi connectivity index (χ0) is 32.8. The Hall–Kier alpha value is -4.39. The van der Waals surface area contributed by atoms with Crippen molar-refractivity contribution in [1.82, 2.24) is 40.1 Å². The summed E-state index contributed by atoms with van der Waals surface area (Å²) in [6.45, 7) is 6.53. The summed E-state index contributed by atoms with van der Waals surface area (Å²) in [4.78, 5) is 23.4. The molecule has 0 bridgehead atoms. The summed E-state index contributed by atoms with van der Waals surface area (Å²) in [5.74, 6) is 0. The van der Waals surface area contributed by atoms with Gasteiger partial charge in [-0.2, -0.15) is 10.2 Å². The molecule has 2 saturated heterocycles. The Morgan fingerprint density at radius 3 is 1.94 bits per heavy atom. The summed E-state index contributed by atoms with van der Waals surface area (Å²) in [6, 6.07) is 14.1. The van der Waals surface area contributed by atoms with Gasteiger partial charge in [0.15, 0.2) is 5.65 Å². The number of rotatable bonds is 8. The van der Waals surface area contributed by atoms with Gasteiger partial charge in [-0.25, -0.2) is 15.0 Å². The topological polar surface area (TPSA) is 177 Å². The van der Waals surface area contributed by atoms with Crippen molar-refractivity contribution in [3.05, 3.63) is 92.0 Å². The van der Waals surface area contributed by atoms with Gasteiger partial charge in [-0.05, 0) is 24.3 Å². The predicted molar refractivity (Wildman–Crippen MR) is 189 cm³/mol. The fraction of sp³-hybridized carbons (Fsp3) is 0.235. The van der Waals surface area contributed by atoms with Crippen molar-refractivity contribution in [2.24, 2.45) is 0 Å². The molecule has 0 aliphatic carbocycles. The van der Waals surface area contributed by atoms with Crippen LogP contribution >= 0.6 is 12.0 Å². The van der Waals surface area contributed by atoms with Crippen LogP contribution in [0, 0.1) is 0 Å². The third-order valence-electron chi connectivity index (χ3n) is 8.47. The summed E-state index contributed by atoms with van der Waals surface area (Å²) in [5.41, 5.74) is 7.88. The number of anilines is 2. The van der Waals surface area contributed by atoms with Crippen LogP contribution in [0.15, 0.2) is 96.9 Å². The minimum Gasteiger partial charge on any atom is -0.870 e. The van der Waals surface area contributed by atoms with Crippen LogP contribution in [-0.2, 0) is 13.8 Å². The van der Waals surface area contributed by atoms with Crippen LogP contribution < -0.4 is 44.3 Å². The molecule has 0 amide bonds. The van der Waals surface area contributed by atoms with E-state index >= 15 is 0 Å². The van der Waals surface area contributed by atoms with Crippen molar-refractivity contribution in [1.29, 1.82) is 0 Å². The van der Waals surface area contributed by atoms with Crippen molar-refractivity contribution in [3.63, 3.8) is 0 Å². The number of ether oxygens (including phenoxy) is 2. The molecule has 258 valence electrons. The number of aromatic nitrogens is 8. The number of hydrogen-bond acceptors (Lipinski definition) is 12. The molecule has 0 unspecified atom stereocenters. The number of fused-ring (bicyclic) bond motifs is 2. The third-order valence-corrected chi connectivity index (χ3v) is 9.06. The van der Waals surface area contributed by atoms with Gasteiger partial charge in [0, 0.05) is 82.7 Å². The van der Waals surface area contributed by atoms with Crippen LogP contribution in [0.4, 0.5) is 11.4 Å². The van der Waals surface area contributed by atoms with Crippen LogP contribution in [0.25, 0.3) is 44.3 Å². The average Bonchev–Trinajstić information content (AvgIpc) is 4.00. The van der Waals surface area contributed by atoms with E-state index in [1.807, 2.05) is 73.7 Å². The molecule has 6 aromatic heterocycles. The summed E-state index contributed by atoms with van der Waals surface area (Å²) in [7, 11) is 0. The molecule has 8 heterocycles. The van der Waals surface area contributed by atoms with Crippen LogP contribution in [0.3, 0.4) is 0 Å². The summed E-state index contributed by atoms with van der Waals surface area (Å²) >= 11 is 1.14. The van der Waals surface area contributed by atoms with Gasteiger partial charge in [0.05, 0.1) is 80.8 Å². The fourth-order valence-corrected chi connectivity index (χ4v) is 6.38. The van der Waals surface area contributed by atoms with Gasteiger partial charge in [0.1, 0.15) is 5.65 Å². The van der Waals surface area contributed by atoms with Crippen molar-refractivity contribution in [2.75, 3.05) is 62.4 Å². The fourth-order valence-electron chi connectivity index (χ4n) is 5.93. The van der Waals surface area contributed by atoms with Gasteiger partial charge in [0.25, 0.3) is 0 Å². The monoisotopic (exact) mass is 718 g/mol. The second kappa shape index (κ2) is 17.2. The predicted octanol–water partition coefficient (Wildman–Crippen LogP) is 1.95. The molecule has 2 aliphatic rings. The molecule has 51 heavy (non-hydrogen) atoms. The molecule has 0 radical (unpaired) electrons. The number of nitrogens with one attached hydrogen (secondary N) is 3. The zero-order valence-electron chi connectivity index (χ0n) is 27.9. The van der Waals surface area contributed by atoms with Gasteiger partial charge in [0.2, 0.25) is 0 Å². The first-order valence-electron chi connectivity index (χ1n) is 16.0. The molecule has 2 fully saturated rings. The molecule has 7 aromatic rings. The Labute approximate surface area is 319 Å². The van der Waals surface area contributed by atoms with Crippen molar-refractivity contribution in [3.8, 4) is 22.3 Å². The van der Waals surface area contributed by atoms with Gasteiger partial charge in [-0.1, -0.05) is 22.5 Å². The van der Waals surface area contributed by atoms with E-state index in [-0.39, 0.29) is 35.0 Å². The first-order chi connectivity index (χ1) is 24.3. The van der Waals surface area contributed by atoms with E-state index in [2.05, 4.69) is 57.3 Å². The molecule has 4 N–H and O–H groups in total. The molecular formula is C34H35N10NaO5S. The van der Waals surface area contributed by atoms with E-state index in [4.69, 9.17) is 18.8 Å². The van der Waals surface area contributed by atoms with E-state index < -0.39 is 0 Å². The summed E-state index contributed by atoms with van der Waals surface area (Å²) < 4.78 is 17.8. The number of hydrogen-bond donors (Lipinski definition) is 3. The van der Waals surface area contributed by atoms with Gasteiger partial charge >= 0.3 is 29.6 Å². The second-order valence-electron chi connectivity index (χ2n) is 11.4. The maximum Gasteiger partial charge on any atom is 1.00 e. The van der Waals surface area contributed by atoms with Gasteiger partial charge in [-0.3, -0.25) is 10.2 Å². The molecule has 0 atom stereocenters. The van der Waals surface area contributed by atoms with Crippen LogP contribution in [0.2, 0.25) is 0 Å². The number of nitrogens with zero attached hydrogens (tertiary/aromatic N) is 7. The van der Waals surface area contributed by atoms with Gasteiger partial charge < -0.3 is 29.7 Å². The minimum atomic E-state index is 0.